The number of esters is 1. The second-order valence-electron chi connectivity index (χ2n) is 5.02. The van der Waals surface area contributed by atoms with Crippen LogP contribution in [-0.2, 0) is 9.53 Å². The molecule has 0 aliphatic carbocycles. The van der Waals surface area contributed by atoms with Crippen LogP contribution in [-0.4, -0.2) is 38.3 Å². The third-order valence-corrected chi connectivity index (χ3v) is 3.16. The maximum absolute atomic E-state index is 11.2. The molecule has 0 amide bonds. The number of hydrogen-bond acceptors (Lipinski definition) is 4. The Balaban J connectivity index is 2.23. The van der Waals surface area contributed by atoms with Gasteiger partial charge in [-0.1, -0.05) is 13.8 Å². The first-order valence-corrected chi connectivity index (χ1v) is 6.16. The van der Waals surface area contributed by atoms with Crippen molar-refractivity contribution >= 4 is 5.97 Å². The minimum Gasteiger partial charge on any atom is -0.466 e. The van der Waals surface area contributed by atoms with E-state index in [1.54, 1.807) is 0 Å². The van der Waals surface area contributed by atoms with Gasteiger partial charge in [-0.2, -0.15) is 0 Å². The maximum atomic E-state index is 11.2. The van der Waals surface area contributed by atoms with Crippen molar-refractivity contribution in [3.05, 3.63) is 0 Å². The fourth-order valence-corrected chi connectivity index (χ4v) is 2.13. The Morgan fingerprint density at radius 3 is 2.94 bits per heavy atom. The number of piperidine rings is 1. The zero-order valence-corrected chi connectivity index (χ0v) is 10.6. The van der Waals surface area contributed by atoms with Crippen LogP contribution in [0, 0.1) is 5.41 Å². The maximum Gasteiger partial charge on any atom is 0.307 e. The molecule has 2 N–H and O–H groups in total. The largest absolute Gasteiger partial charge is 0.466 e. The van der Waals surface area contributed by atoms with Gasteiger partial charge in [-0.15, -0.1) is 0 Å². The standard InChI is InChI=1S/C12H24N2O2/c1-4-16-11(15)6-8-14-10-5-7-13-9-12(10,2)3/h10,13-14H,4-9H2,1-3H3. The molecule has 4 heteroatoms. The first kappa shape index (κ1) is 13.5. The molecule has 16 heavy (non-hydrogen) atoms. The molecule has 1 atom stereocenters. The first-order valence-electron chi connectivity index (χ1n) is 6.16. The molecule has 1 aliphatic heterocycles. The highest BCUT2D eigenvalue weighted by Gasteiger charge is 2.31. The normalized spacial score (nSPS) is 24.1. The van der Waals surface area contributed by atoms with Crippen LogP contribution in [0.4, 0.5) is 0 Å². The number of rotatable bonds is 5. The van der Waals surface area contributed by atoms with Gasteiger partial charge in [0.1, 0.15) is 0 Å². The molecule has 4 nitrogen and oxygen atoms in total. The minimum atomic E-state index is -0.109. The van der Waals surface area contributed by atoms with Crippen LogP contribution in [0.1, 0.15) is 33.6 Å². The summed E-state index contributed by atoms with van der Waals surface area (Å²) in [6.45, 7) is 9.61. The molecule has 0 spiro atoms. The molecule has 94 valence electrons. The van der Waals surface area contributed by atoms with Crippen molar-refractivity contribution < 1.29 is 9.53 Å². The Bertz CT molecular complexity index is 229. The van der Waals surface area contributed by atoms with Gasteiger partial charge in [0.15, 0.2) is 0 Å². The van der Waals surface area contributed by atoms with E-state index in [2.05, 4.69) is 24.5 Å². The monoisotopic (exact) mass is 228 g/mol. The van der Waals surface area contributed by atoms with Gasteiger partial charge in [0.2, 0.25) is 0 Å². The molecule has 0 aromatic carbocycles. The van der Waals surface area contributed by atoms with E-state index in [1.807, 2.05) is 6.92 Å². The predicted molar refractivity (Wildman–Crippen MR) is 64.3 cm³/mol. The Kier molecular flexibility index (Phi) is 5.22. The molecule has 0 saturated carbocycles. The average Bonchev–Trinajstić information content (AvgIpc) is 2.21. The molecule has 1 aliphatic rings. The zero-order chi connectivity index (χ0) is 12.0. The van der Waals surface area contributed by atoms with E-state index in [0.29, 0.717) is 25.6 Å². The smallest absolute Gasteiger partial charge is 0.307 e. The van der Waals surface area contributed by atoms with Crippen molar-refractivity contribution in [3.8, 4) is 0 Å². The van der Waals surface area contributed by atoms with E-state index in [-0.39, 0.29) is 11.4 Å². The Hall–Kier alpha value is -0.610. The summed E-state index contributed by atoms with van der Waals surface area (Å²) in [5.74, 6) is -0.109. The van der Waals surface area contributed by atoms with E-state index in [4.69, 9.17) is 4.74 Å². The van der Waals surface area contributed by atoms with Crippen LogP contribution in [0.3, 0.4) is 0 Å². The van der Waals surface area contributed by atoms with E-state index in [1.165, 1.54) is 0 Å². The lowest BCUT2D eigenvalue weighted by atomic mass is 9.80. The van der Waals surface area contributed by atoms with Crippen LogP contribution >= 0.6 is 0 Å². The van der Waals surface area contributed by atoms with E-state index in [9.17, 15) is 4.79 Å². The predicted octanol–water partition coefficient (Wildman–Crippen LogP) is 0.917. The first-order chi connectivity index (χ1) is 7.56. The zero-order valence-electron chi connectivity index (χ0n) is 10.6. The summed E-state index contributed by atoms with van der Waals surface area (Å²) in [5, 5.41) is 6.85. The Morgan fingerprint density at radius 2 is 2.31 bits per heavy atom. The number of nitrogens with one attached hydrogen (secondary N) is 2. The van der Waals surface area contributed by atoms with Gasteiger partial charge >= 0.3 is 5.97 Å². The van der Waals surface area contributed by atoms with Gasteiger partial charge in [-0.25, -0.2) is 0 Å². The average molecular weight is 228 g/mol. The summed E-state index contributed by atoms with van der Waals surface area (Å²) in [6, 6.07) is 0.489. The third-order valence-electron chi connectivity index (χ3n) is 3.16. The van der Waals surface area contributed by atoms with Crippen LogP contribution in [0.5, 0.6) is 0 Å². The molecule has 1 fully saturated rings. The second-order valence-corrected chi connectivity index (χ2v) is 5.02. The molecule has 1 heterocycles. The van der Waals surface area contributed by atoms with Crippen molar-refractivity contribution in [3.63, 3.8) is 0 Å². The van der Waals surface area contributed by atoms with Crippen molar-refractivity contribution in [2.24, 2.45) is 5.41 Å². The summed E-state index contributed by atoms with van der Waals surface area (Å²) in [6.07, 6.45) is 1.59. The SMILES string of the molecule is CCOC(=O)CCNC1CCNCC1(C)C. The molecule has 1 unspecified atom stereocenters. The van der Waals surface area contributed by atoms with Crippen molar-refractivity contribution in [1.29, 1.82) is 0 Å². The van der Waals surface area contributed by atoms with E-state index in [0.717, 1.165) is 19.5 Å². The van der Waals surface area contributed by atoms with E-state index >= 15 is 0 Å². The second kappa shape index (κ2) is 6.21. The molecule has 0 aromatic rings. The van der Waals surface area contributed by atoms with Gasteiger partial charge < -0.3 is 15.4 Å². The molecular weight excluding hydrogens is 204 g/mol. The van der Waals surface area contributed by atoms with Gasteiger partial charge in [-0.3, -0.25) is 4.79 Å². The molecular formula is C12H24N2O2. The number of hydrogen-bond donors (Lipinski definition) is 2. The lowest BCUT2D eigenvalue weighted by Crippen LogP contribution is -2.53. The lowest BCUT2D eigenvalue weighted by Gasteiger charge is -2.39. The summed E-state index contributed by atoms with van der Waals surface area (Å²) in [7, 11) is 0. The highest BCUT2D eigenvalue weighted by Crippen LogP contribution is 2.24. The van der Waals surface area contributed by atoms with Gasteiger partial charge in [0, 0.05) is 19.1 Å². The number of carbonyl (C=O) groups is 1. The molecule has 0 aromatic heterocycles. The van der Waals surface area contributed by atoms with Crippen molar-refractivity contribution in [2.75, 3.05) is 26.2 Å². The molecule has 1 saturated heterocycles. The fourth-order valence-electron chi connectivity index (χ4n) is 2.13. The Labute approximate surface area is 98.1 Å². The van der Waals surface area contributed by atoms with Gasteiger partial charge in [0.05, 0.1) is 13.0 Å². The molecule has 1 rings (SSSR count). The van der Waals surface area contributed by atoms with Gasteiger partial charge in [-0.05, 0) is 25.3 Å². The third kappa shape index (κ3) is 4.10. The highest BCUT2D eigenvalue weighted by molar-refractivity contribution is 5.69. The quantitative estimate of drug-likeness (QED) is 0.687. The summed E-state index contributed by atoms with van der Waals surface area (Å²) >= 11 is 0. The topological polar surface area (TPSA) is 50.4 Å². The number of ether oxygens (including phenoxy) is 1. The summed E-state index contributed by atoms with van der Waals surface area (Å²) < 4.78 is 4.89. The van der Waals surface area contributed by atoms with Crippen molar-refractivity contribution in [1.82, 2.24) is 10.6 Å². The minimum absolute atomic E-state index is 0.109. The molecule has 0 bridgehead atoms. The number of carbonyl (C=O) groups excluding carboxylic acids is 1. The van der Waals surface area contributed by atoms with Crippen LogP contribution < -0.4 is 10.6 Å². The summed E-state index contributed by atoms with van der Waals surface area (Å²) in [4.78, 5) is 11.2. The van der Waals surface area contributed by atoms with Crippen molar-refractivity contribution in [2.45, 2.75) is 39.7 Å². The van der Waals surface area contributed by atoms with Crippen LogP contribution in [0.15, 0.2) is 0 Å². The highest BCUT2D eigenvalue weighted by atomic mass is 16.5. The van der Waals surface area contributed by atoms with E-state index < -0.39 is 0 Å². The summed E-state index contributed by atoms with van der Waals surface area (Å²) in [5.41, 5.74) is 0.257. The van der Waals surface area contributed by atoms with Crippen LogP contribution in [0.25, 0.3) is 0 Å². The Morgan fingerprint density at radius 1 is 1.56 bits per heavy atom. The fraction of sp³-hybridized carbons (Fsp3) is 0.917. The molecule has 0 radical (unpaired) electrons. The van der Waals surface area contributed by atoms with Crippen LogP contribution in [0.2, 0.25) is 0 Å². The van der Waals surface area contributed by atoms with Gasteiger partial charge in [0.25, 0.3) is 0 Å². The lowest BCUT2D eigenvalue weighted by molar-refractivity contribution is -0.143.